The predicted octanol–water partition coefficient (Wildman–Crippen LogP) is 8.98. The van der Waals surface area contributed by atoms with Crippen molar-refractivity contribution >= 4 is 39.0 Å². The minimum atomic E-state index is 0.876. The second-order valence-electron chi connectivity index (χ2n) is 10.7. The Balaban J connectivity index is 1.49. The van der Waals surface area contributed by atoms with Crippen molar-refractivity contribution in [1.82, 2.24) is 25.1 Å². The lowest BCUT2D eigenvalue weighted by Gasteiger charge is -2.26. The molecule has 0 saturated carbocycles. The van der Waals surface area contributed by atoms with Crippen molar-refractivity contribution in [1.29, 1.82) is 0 Å². The summed E-state index contributed by atoms with van der Waals surface area (Å²) in [6.07, 6.45) is 16.0. The number of pyridine rings is 1. The number of aromatic amines is 2. The highest BCUT2D eigenvalue weighted by Crippen LogP contribution is 2.37. The lowest BCUT2D eigenvalue weighted by Crippen LogP contribution is -2.31. The Bertz CT molecular complexity index is 1680. The molecule has 0 aromatic carbocycles. The van der Waals surface area contributed by atoms with Gasteiger partial charge in [0.05, 0.1) is 23.1 Å². The zero-order chi connectivity index (χ0) is 28.9. The van der Waals surface area contributed by atoms with Crippen molar-refractivity contribution in [2.75, 3.05) is 19.6 Å². The third-order valence-electron chi connectivity index (χ3n) is 7.65. The first kappa shape index (κ1) is 28.5. The summed E-state index contributed by atoms with van der Waals surface area (Å²) in [4.78, 5) is 13.3. The van der Waals surface area contributed by atoms with Gasteiger partial charge in [-0.15, -0.1) is 11.3 Å². The molecule has 5 heterocycles. The molecule has 1 fully saturated rings. The molecule has 1 aliphatic heterocycles. The first-order valence-electron chi connectivity index (χ1n) is 14.3. The van der Waals surface area contributed by atoms with Crippen molar-refractivity contribution in [3.05, 3.63) is 113 Å². The maximum absolute atomic E-state index is 4.78. The molecular formula is C35H39N5S. The number of likely N-dealkylation sites (tertiary alicyclic amines) is 1. The predicted molar refractivity (Wildman–Crippen MR) is 177 cm³/mol. The lowest BCUT2D eigenvalue weighted by atomic mass is 10.0. The first-order chi connectivity index (χ1) is 19.9. The fraction of sp³-hybridized carbons (Fsp3) is 0.257. The molecular weight excluding hydrogens is 522 g/mol. The number of hydrogen-bond acceptors (Lipinski definition) is 4. The van der Waals surface area contributed by atoms with Crippen molar-refractivity contribution in [2.45, 2.75) is 40.0 Å². The number of nitrogens with one attached hydrogen (secondary N) is 2. The Kier molecular flexibility index (Phi) is 8.81. The average Bonchev–Trinajstić information content (AvgIpc) is 3.73. The van der Waals surface area contributed by atoms with E-state index in [1.54, 1.807) is 11.3 Å². The maximum atomic E-state index is 4.78. The van der Waals surface area contributed by atoms with Crippen LogP contribution in [-0.2, 0) is 0 Å². The summed E-state index contributed by atoms with van der Waals surface area (Å²) in [5.74, 6) is 0. The molecule has 4 aromatic rings. The van der Waals surface area contributed by atoms with Crippen LogP contribution in [0.2, 0.25) is 0 Å². The molecule has 41 heavy (non-hydrogen) atoms. The molecule has 0 unspecified atom stereocenters. The number of nitrogens with zero attached hydrogens (tertiary/aromatic N) is 3. The van der Waals surface area contributed by atoms with E-state index in [2.05, 4.69) is 91.1 Å². The molecule has 1 aliphatic rings. The number of allylic oxidation sites excluding steroid dienone is 6. The van der Waals surface area contributed by atoms with Gasteiger partial charge in [0.15, 0.2) is 0 Å². The van der Waals surface area contributed by atoms with Gasteiger partial charge >= 0.3 is 0 Å². The maximum Gasteiger partial charge on any atom is 0.116 e. The Hall–Kier alpha value is -4.00. The van der Waals surface area contributed by atoms with Crippen molar-refractivity contribution < 1.29 is 0 Å². The van der Waals surface area contributed by atoms with Crippen molar-refractivity contribution in [2.24, 2.45) is 0 Å². The number of hydrogen-bond donors (Lipinski definition) is 2. The zero-order valence-electron chi connectivity index (χ0n) is 24.4. The van der Waals surface area contributed by atoms with Crippen LogP contribution in [-0.4, -0.2) is 44.7 Å². The van der Waals surface area contributed by atoms with Crippen LogP contribution in [0.5, 0.6) is 0 Å². The van der Waals surface area contributed by atoms with Gasteiger partial charge < -0.3 is 4.98 Å². The van der Waals surface area contributed by atoms with Crippen LogP contribution in [0.3, 0.4) is 0 Å². The lowest BCUT2D eigenvalue weighted by molar-refractivity contribution is 0.248. The fourth-order valence-corrected chi connectivity index (χ4v) is 6.40. The number of aromatic nitrogens is 4. The quantitative estimate of drug-likeness (QED) is 0.190. The normalized spacial score (nSPS) is 15.4. The van der Waals surface area contributed by atoms with Crippen molar-refractivity contribution in [3.8, 4) is 11.4 Å². The molecule has 5 nitrogen and oxygen atoms in total. The number of H-pyrrole nitrogens is 2. The third kappa shape index (κ3) is 6.19. The number of fused-ring (bicyclic) bond motifs is 1. The molecule has 1 saturated heterocycles. The highest BCUT2D eigenvalue weighted by Gasteiger charge is 2.18. The van der Waals surface area contributed by atoms with E-state index in [0.717, 1.165) is 75.6 Å². The van der Waals surface area contributed by atoms with Gasteiger partial charge in [0.2, 0.25) is 0 Å². The minimum Gasteiger partial charge on any atom is -0.357 e. The number of rotatable bonds is 10. The van der Waals surface area contributed by atoms with Gasteiger partial charge in [-0.3, -0.25) is 15.0 Å². The van der Waals surface area contributed by atoms with E-state index in [0.29, 0.717) is 0 Å². The Morgan fingerprint density at radius 1 is 1.12 bits per heavy atom. The van der Waals surface area contributed by atoms with E-state index in [4.69, 9.17) is 10.1 Å². The average molecular weight is 562 g/mol. The van der Waals surface area contributed by atoms with Gasteiger partial charge in [0.1, 0.15) is 5.69 Å². The molecule has 0 atom stereocenters. The van der Waals surface area contributed by atoms with Crippen LogP contribution < -0.4 is 0 Å². The standard InChI is InChI=1S/C35H39N5S/c1-7-13-27(34-15-14-33(41-34)23(4)5)28-19-31(37-24(28)6)35-29-20-30(36-21-32(29)38-39-35)26(9-3)18-25(8-2)22-40-16-11-10-12-17-40/h7-9,13-15,18-21,37H,1-2,4,10-12,16-17,22H2,3,5-6H3,(H,38,39)/b25-18+,26-9+,27-13+. The van der Waals surface area contributed by atoms with E-state index >= 15 is 0 Å². The highest BCUT2D eigenvalue weighted by molar-refractivity contribution is 7.14. The largest absolute Gasteiger partial charge is 0.357 e. The van der Waals surface area contributed by atoms with Gasteiger partial charge in [0.25, 0.3) is 0 Å². The number of thiophene rings is 1. The van der Waals surface area contributed by atoms with Crippen LogP contribution in [0, 0.1) is 6.92 Å². The molecule has 0 bridgehead atoms. The third-order valence-corrected chi connectivity index (χ3v) is 8.93. The van der Waals surface area contributed by atoms with Gasteiger partial charge in [-0.1, -0.05) is 50.5 Å². The molecule has 0 aliphatic carbocycles. The first-order valence-corrected chi connectivity index (χ1v) is 15.1. The Morgan fingerprint density at radius 2 is 1.90 bits per heavy atom. The highest BCUT2D eigenvalue weighted by atomic mass is 32.1. The second kappa shape index (κ2) is 12.7. The van der Waals surface area contributed by atoms with Gasteiger partial charge in [-0.05, 0) is 93.8 Å². The molecule has 0 spiro atoms. The summed E-state index contributed by atoms with van der Waals surface area (Å²) in [6, 6.07) is 8.62. The van der Waals surface area contributed by atoms with Crippen LogP contribution in [0.15, 0.2) is 86.2 Å². The molecule has 0 radical (unpaired) electrons. The summed E-state index contributed by atoms with van der Waals surface area (Å²) >= 11 is 1.75. The summed E-state index contributed by atoms with van der Waals surface area (Å²) < 4.78 is 0. The van der Waals surface area contributed by atoms with E-state index in [1.807, 2.05) is 25.3 Å². The second-order valence-corrected chi connectivity index (χ2v) is 11.8. The molecule has 0 amide bonds. The van der Waals surface area contributed by atoms with Gasteiger partial charge in [0, 0.05) is 38.5 Å². The molecule has 5 rings (SSSR count). The number of piperidine rings is 1. The number of aryl methyl sites for hydroxylation is 1. The molecule has 210 valence electrons. The van der Waals surface area contributed by atoms with E-state index < -0.39 is 0 Å². The smallest absolute Gasteiger partial charge is 0.116 e. The van der Waals surface area contributed by atoms with Crippen LogP contribution in [0.4, 0.5) is 0 Å². The van der Waals surface area contributed by atoms with Gasteiger partial charge in [-0.2, -0.15) is 5.10 Å². The topological polar surface area (TPSA) is 60.6 Å². The summed E-state index contributed by atoms with van der Waals surface area (Å²) in [6.45, 7) is 21.6. The van der Waals surface area contributed by atoms with Crippen molar-refractivity contribution in [3.63, 3.8) is 0 Å². The SMILES string of the molecule is C=C/C=C(/c1ccc(C(=C)C)s1)c1cc(-c2n[nH]c3cnc(C(/C=C(\C=C)CN4CCCCC4)=C/C)cc23)[nH]c1C. The minimum absolute atomic E-state index is 0.876. The van der Waals surface area contributed by atoms with E-state index in [9.17, 15) is 0 Å². The summed E-state index contributed by atoms with van der Waals surface area (Å²) in [7, 11) is 0. The molecule has 6 heteroatoms. The molecule has 4 aromatic heterocycles. The Morgan fingerprint density at radius 3 is 2.59 bits per heavy atom. The van der Waals surface area contributed by atoms with Crippen LogP contribution in [0.25, 0.3) is 39.0 Å². The molecule has 2 N–H and O–H groups in total. The monoisotopic (exact) mass is 561 g/mol. The van der Waals surface area contributed by atoms with E-state index in [1.165, 1.54) is 34.6 Å². The Labute approximate surface area is 247 Å². The van der Waals surface area contributed by atoms with Gasteiger partial charge in [-0.25, -0.2) is 0 Å². The fourth-order valence-electron chi connectivity index (χ4n) is 5.43. The van der Waals surface area contributed by atoms with Crippen LogP contribution in [0.1, 0.15) is 59.8 Å². The zero-order valence-corrected chi connectivity index (χ0v) is 25.2. The van der Waals surface area contributed by atoms with E-state index in [-0.39, 0.29) is 0 Å². The summed E-state index contributed by atoms with van der Waals surface area (Å²) in [5.41, 5.74) is 10.4. The summed E-state index contributed by atoms with van der Waals surface area (Å²) in [5, 5.41) is 8.91. The van der Waals surface area contributed by atoms with Crippen LogP contribution >= 0.6 is 11.3 Å².